The van der Waals surface area contributed by atoms with Gasteiger partial charge in [0.05, 0.1) is 21.7 Å². The van der Waals surface area contributed by atoms with Gasteiger partial charge in [-0.2, -0.15) is 0 Å². The fraction of sp³-hybridized carbons (Fsp3) is 0.324. The van der Waals surface area contributed by atoms with Gasteiger partial charge in [0.15, 0.2) is 5.01 Å². The summed E-state index contributed by atoms with van der Waals surface area (Å²) in [6.07, 6.45) is -0.170. The molecule has 0 bridgehead atoms. The third-order valence-electron chi connectivity index (χ3n) is 8.51. The number of carbonyl (C=O) groups is 4. The molecular weight excluding hydrogens is 576 g/mol. The Morgan fingerprint density at radius 1 is 1.05 bits per heavy atom. The fourth-order valence-corrected chi connectivity index (χ4v) is 7.19. The highest BCUT2D eigenvalue weighted by Gasteiger charge is 2.58. The van der Waals surface area contributed by atoms with E-state index in [2.05, 4.69) is 10.3 Å². The Morgan fingerprint density at radius 2 is 1.75 bits per heavy atom. The van der Waals surface area contributed by atoms with Crippen molar-refractivity contribution >= 4 is 50.9 Å². The predicted octanol–water partition coefficient (Wildman–Crippen LogP) is 5.65. The van der Waals surface area contributed by atoms with Crippen molar-refractivity contribution in [1.29, 1.82) is 0 Å². The van der Waals surface area contributed by atoms with E-state index < -0.39 is 29.5 Å². The lowest BCUT2D eigenvalue weighted by atomic mass is 9.79. The lowest BCUT2D eigenvalue weighted by Gasteiger charge is -2.33. The molecule has 10 heteroatoms. The minimum Gasteiger partial charge on any atom is -0.445 e. The van der Waals surface area contributed by atoms with Crippen molar-refractivity contribution in [2.24, 2.45) is 5.92 Å². The van der Waals surface area contributed by atoms with E-state index in [4.69, 9.17) is 4.74 Å². The van der Waals surface area contributed by atoms with Crippen LogP contribution in [0.15, 0.2) is 78.9 Å². The maximum atomic E-state index is 14.6. The third-order valence-corrected chi connectivity index (χ3v) is 9.57. The van der Waals surface area contributed by atoms with Crippen molar-refractivity contribution in [2.75, 3.05) is 18.9 Å². The number of thiazole rings is 1. The number of amides is 3. The molecule has 1 N–H and O–H groups in total. The molecule has 0 radical (unpaired) electrons. The van der Waals surface area contributed by atoms with Gasteiger partial charge in [-0.05, 0) is 48.1 Å². The highest BCUT2D eigenvalue weighted by molar-refractivity contribution is 7.20. The van der Waals surface area contributed by atoms with Crippen molar-refractivity contribution in [1.82, 2.24) is 14.8 Å². The molecule has 3 heterocycles. The summed E-state index contributed by atoms with van der Waals surface area (Å²) in [4.78, 5) is 63.1. The highest BCUT2D eigenvalue weighted by atomic mass is 32.1. The third kappa shape index (κ3) is 5.34. The van der Waals surface area contributed by atoms with Crippen LogP contribution in [0.1, 0.15) is 47.6 Å². The number of likely N-dealkylation sites (tertiary alicyclic amines) is 1. The number of rotatable bonds is 8. The summed E-state index contributed by atoms with van der Waals surface area (Å²) in [7, 11) is 1.55. The Balaban J connectivity index is 1.34. The van der Waals surface area contributed by atoms with Crippen LogP contribution in [0.2, 0.25) is 0 Å². The number of Topliss-reactive ketones (excluding diaryl/α,β-unsaturated/α-hetero) is 1. The first-order valence-electron chi connectivity index (χ1n) is 14.7. The lowest BCUT2D eigenvalue weighted by Crippen LogP contribution is -2.53. The van der Waals surface area contributed by atoms with Gasteiger partial charge in [0.1, 0.15) is 12.6 Å². The molecule has 1 aromatic heterocycles. The lowest BCUT2D eigenvalue weighted by molar-refractivity contribution is -0.137. The van der Waals surface area contributed by atoms with Gasteiger partial charge in [-0.15, -0.1) is 11.3 Å². The Bertz CT molecular complexity index is 1700. The molecule has 1 fully saturated rings. The number of benzene rings is 3. The second kappa shape index (κ2) is 11.8. The highest BCUT2D eigenvalue weighted by Crippen LogP contribution is 2.47. The van der Waals surface area contributed by atoms with Crippen molar-refractivity contribution in [3.05, 3.63) is 95.0 Å². The summed E-state index contributed by atoms with van der Waals surface area (Å²) in [5.41, 5.74) is 1.87. The number of carbonyl (C=O) groups excluding carboxylic acids is 4. The van der Waals surface area contributed by atoms with E-state index in [-0.39, 0.29) is 42.2 Å². The molecule has 1 spiro atoms. The normalized spacial score (nSPS) is 19.7. The van der Waals surface area contributed by atoms with E-state index >= 15 is 0 Å². The molecule has 1 saturated heterocycles. The van der Waals surface area contributed by atoms with Crippen LogP contribution in [0.3, 0.4) is 0 Å². The van der Waals surface area contributed by atoms with E-state index in [1.807, 2.05) is 92.7 Å². The smallest absolute Gasteiger partial charge is 0.410 e. The number of aromatic nitrogens is 1. The summed E-state index contributed by atoms with van der Waals surface area (Å²) in [6.45, 7) is 4.02. The number of ketones is 1. The number of fused-ring (bicyclic) bond motifs is 3. The summed E-state index contributed by atoms with van der Waals surface area (Å²) in [6, 6.07) is 22.4. The molecule has 226 valence electrons. The summed E-state index contributed by atoms with van der Waals surface area (Å²) >= 11 is 1.27. The average molecular weight is 611 g/mol. The quantitative estimate of drug-likeness (QED) is 0.258. The van der Waals surface area contributed by atoms with Gasteiger partial charge in [0, 0.05) is 19.3 Å². The Hall–Kier alpha value is -4.57. The van der Waals surface area contributed by atoms with Crippen molar-refractivity contribution in [2.45, 2.75) is 50.8 Å². The van der Waals surface area contributed by atoms with Gasteiger partial charge < -0.3 is 15.0 Å². The second-order valence-electron chi connectivity index (χ2n) is 11.9. The largest absolute Gasteiger partial charge is 0.445 e. The van der Waals surface area contributed by atoms with Gasteiger partial charge in [-0.1, -0.05) is 74.5 Å². The molecule has 4 aromatic rings. The zero-order valence-corrected chi connectivity index (χ0v) is 25.7. The van der Waals surface area contributed by atoms with Crippen LogP contribution in [0, 0.1) is 5.92 Å². The fourth-order valence-electron chi connectivity index (χ4n) is 6.24. The molecule has 3 amide bonds. The van der Waals surface area contributed by atoms with E-state index in [1.165, 1.54) is 21.1 Å². The van der Waals surface area contributed by atoms with Crippen LogP contribution >= 0.6 is 11.3 Å². The number of para-hydroxylation sites is 2. The molecule has 44 heavy (non-hydrogen) atoms. The zero-order chi connectivity index (χ0) is 31.0. The van der Waals surface area contributed by atoms with Crippen LogP contribution in [0.4, 0.5) is 10.5 Å². The molecule has 3 atom stereocenters. The molecule has 2 aliphatic heterocycles. The number of hydrogen-bond acceptors (Lipinski definition) is 7. The van der Waals surface area contributed by atoms with E-state index in [0.29, 0.717) is 17.6 Å². The SMILES string of the molecule is CC(C)C[C@@H](C(=O)N1C[C@]2(CC1C(=O)c1nc3ccccc3s1)C(=O)Nc1ccccc12)N(C)C(=O)OCc1ccccc1. The van der Waals surface area contributed by atoms with E-state index in [9.17, 15) is 19.2 Å². The molecule has 6 rings (SSSR count). The van der Waals surface area contributed by atoms with Gasteiger partial charge in [0.2, 0.25) is 17.6 Å². The maximum Gasteiger partial charge on any atom is 0.410 e. The van der Waals surface area contributed by atoms with Crippen molar-refractivity contribution in [3.8, 4) is 0 Å². The number of ether oxygens (including phenoxy) is 1. The first-order chi connectivity index (χ1) is 21.2. The number of nitrogens with zero attached hydrogens (tertiary/aromatic N) is 3. The Morgan fingerprint density at radius 3 is 2.50 bits per heavy atom. The molecule has 1 unspecified atom stereocenters. The molecule has 2 aliphatic rings. The van der Waals surface area contributed by atoms with Gasteiger partial charge in [0.25, 0.3) is 0 Å². The molecule has 0 saturated carbocycles. The number of likely N-dealkylation sites (N-methyl/N-ethyl adjacent to an activating group) is 1. The maximum absolute atomic E-state index is 14.6. The van der Waals surface area contributed by atoms with E-state index in [0.717, 1.165) is 15.8 Å². The zero-order valence-electron chi connectivity index (χ0n) is 24.9. The first kappa shape index (κ1) is 29.5. The predicted molar refractivity (Wildman–Crippen MR) is 168 cm³/mol. The molecule has 0 aliphatic carbocycles. The second-order valence-corrected chi connectivity index (χ2v) is 12.9. The van der Waals surface area contributed by atoms with Crippen LogP contribution in [-0.4, -0.2) is 64.2 Å². The Labute approximate surface area is 259 Å². The monoisotopic (exact) mass is 610 g/mol. The van der Waals surface area contributed by atoms with Crippen molar-refractivity contribution in [3.63, 3.8) is 0 Å². The number of nitrogens with one attached hydrogen (secondary N) is 1. The van der Waals surface area contributed by atoms with Crippen LogP contribution in [0.5, 0.6) is 0 Å². The topological polar surface area (TPSA) is 109 Å². The van der Waals surface area contributed by atoms with Gasteiger partial charge in [-0.25, -0.2) is 9.78 Å². The van der Waals surface area contributed by atoms with Crippen LogP contribution in [0.25, 0.3) is 10.2 Å². The summed E-state index contributed by atoms with van der Waals surface area (Å²) in [5.74, 6) is -0.900. The Kier molecular flexibility index (Phi) is 7.94. The average Bonchev–Trinajstić information content (AvgIpc) is 3.72. The van der Waals surface area contributed by atoms with Gasteiger partial charge in [-0.3, -0.25) is 19.3 Å². The summed E-state index contributed by atoms with van der Waals surface area (Å²) in [5, 5.41) is 3.25. The van der Waals surface area contributed by atoms with E-state index in [1.54, 1.807) is 7.05 Å². The standard InChI is InChI=1S/C34H34N4O5S/c1-21(2)17-26(37(3)33(42)43-19-22-11-5-4-6-12-22)31(40)38-20-34(23-13-7-8-14-24(23)36-32(34)41)18-27(38)29(39)30-35-25-15-9-10-16-28(25)44-30/h4-16,21,26-27H,17-20H2,1-3H3,(H,36,41)/t26-,27?,34-/m0/s1. The summed E-state index contributed by atoms with van der Waals surface area (Å²) < 4.78 is 6.44. The number of hydrogen-bond donors (Lipinski definition) is 1. The molecule has 9 nitrogen and oxygen atoms in total. The van der Waals surface area contributed by atoms with Crippen molar-refractivity contribution < 1.29 is 23.9 Å². The molecule has 3 aromatic carbocycles. The molecular formula is C34H34N4O5S. The van der Waals surface area contributed by atoms with Gasteiger partial charge >= 0.3 is 6.09 Å². The number of anilines is 1. The minimum atomic E-state index is -1.10. The van der Waals surface area contributed by atoms with Crippen LogP contribution in [-0.2, 0) is 26.3 Å². The minimum absolute atomic E-state index is 0.0114. The van der Waals surface area contributed by atoms with Crippen LogP contribution < -0.4 is 5.32 Å². The first-order valence-corrected chi connectivity index (χ1v) is 15.5.